The Morgan fingerprint density at radius 2 is 2.04 bits per heavy atom. The monoisotopic (exact) mass is 386 g/mol. The Kier molecular flexibility index (Phi) is 4.74. The Morgan fingerprint density at radius 3 is 2.64 bits per heavy atom. The Hall–Kier alpha value is -3.16. The number of methoxy groups -OCH3 is 1. The van der Waals surface area contributed by atoms with Crippen LogP contribution < -0.4 is 5.32 Å². The molecule has 8 heteroatoms. The molecular formula is C20H22N2O6. The molecule has 1 aromatic carbocycles. The molecule has 0 saturated carbocycles. The maximum absolute atomic E-state index is 13.0. The van der Waals surface area contributed by atoms with E-state index < -0.39 is 28.2 Å². The zero-order chi connectivity index (χ0) is 20.8. The van der Waals surface area contributed by atoms with Crippen molar-refractivity contribution < 1.29 is 24.4 Å². The van der Waals surface area contributed by atoms with Gasteiger partial charge in [-0.25, -0.2) is 4.79 Å². The van der Waals surface area contributed by atoms with Crippen LogP contribution in [0.15, 0.2) is 40.7 Å². The predicted molar refractivity (Wildman–Crippen MR) is 100 cm³/mol. The molecule has 0 amide bonds. The number of Topliss-reactive ketones (excluding diaryl/α,β-unsaturated/α-hetero) is 1. The average Bonchev–Trinajstić information content (AvgIpc) is 2.59. The Balaban J connectivity index is 2.25. The van der Waals surface area contributed by atoms with Crippen LogP contribution in [0.5, 0.6) is 5.75 Å². The fourth-order valence-electron chi connectivity index (χ4n) is 4.02. The summed E-state index contributed by atoms with van der Waals surface area (Å²) in [6.07, 6.45) is 0.911. The molecule has 0 aromatic heterocycles. The summed E-state index contributed by atoms with van der Waals surface area (Å²) >= 11 is 0. The normalized spacial score (nSPS) is 21.1. The first-order valence-electron chi connectivity index (χ1n) is 8.85. The van der Waals surface area contributed by atoms with Crippen molar-refractivity contribution in [2.75, 3.05) is 7.11 Å². The number of phenolic OH excluding ortho intramolecular Hbond substituents is 1. The molecule has 1 atom stereocenters. The topological polar surface area (TPSA) is 119 Å². The van der Waals surface area contributed by atoms with E-state index in [1.807, 2.05) is 13.8 Å². The van der Waals surface area contributed by atoms with Crippen LogP contribution in [0.25, 0.3) is 0 Å². The summed E-state index contributed by atoms with van der Waals surface area (Å²) in [5.41, 5.74) is 1.57. The highest BCUT2D eigenvalue weighted by Gasteiger charge is 2.43. The lowest BCUT2D eigenvalue weighted by Gasteiger charge is -2.39. The number of hydrogen-bond donors (Lipinski definition) is 2. The van der Waals surface area contributed by atoms with E-state index in [0.717, 1.165) is 0 Å². The second kappa shape index (κ2) is 6.78. The van der Waals surface area contributed by atoms with Gasteiger partial charge in [0.2, 0.25) is 0 Å². The number of dihydropyridines is 1. The molecule has 3 rings (SSSR count). The zero-order valence-corrected chi connectivity index (χ0v) is 16.2. The maximum Gasteiger partial charge on any atom is 0.336 e. The van der Waals surface area contributed by atoms with Crippen molar-refractivity contribution in [2.45, 2.75) is 39.5 Å². The number of nitrogens with one attached hydrogen (secondary N) is 1. The van der Waals surface area contributed by atoms with Crippen molar-refractivity contribution >= 4 is 17.4 Å². The summed E-state index contributed by atoms with van der Waals surface area (Å²) in [4.78, 5) is 36.1. The maximum atomic E-state index is 13.0. The minimum Gasteiger partial charge on any atom is -0.502 e. The number of hydrogen-bond acceptors (Lipinski definition) is 7. The third-order valence-electron chi connectivity index (χ3n) is 5.17. The minimum atomic E-state index is -0.799. The first kappa shape index (κ1) is 19.6. The molecule has 1 heterocycles. The predicted octanol–water partition coefficient (Wildman–Crippen LogP) is 3.08. The lowest BCUT2D eigenvalue weighted by atomic mass is 9.68. The number of carbonyl (C=O) groups excluding carboxylic acids is 2. The standard InChI is InChI=1S/C20H22N2O6/c1-10-16(19(25)28-4)17(11-5-6-14(23)13(7-11)22(26)27)18-12(21-10)8-20(2,3)9-15(18)24/h5-7,17,21,23H,8-9H2,1-4H3. The van der Waals surface area contributed by atoms with E-state index in [4.69, 9.17) is 4.74 Å². The Morgan fingerprint density at radius 1 is 1.36 bits per heavy atom. The summed E-state index contributed by atoms with van der Waals surface area (Å²) in [6.45, 7) is 5.70. The molecule has 1 aromatic rings. The van der Waals surface area contributed by atoms with Crippen molar-refractivity contribution in [3.63, 3.8) is 0 Å². The number of ketones is 1. The van der Waals surface area contributed by atoms with Gasteiger partial charge in [-0.15, -0.1) is 0 Å². The smallest absolute Gasteiger partial charge is 0.336 e. The quantitative estimate of drug-likeness (QED) is 0.465. The number of ether oxygens (including phenoxy) is 1. The largest absolute Gasteiger partial charge is 0.502 e. The van der Waals surface area contributed by atoms with Crippen LogP contribution in [0.4, 0.5) is 5.69 Å². The fourth-order valence-corrected chi connectivity index (χ4v) is 4.02. The molecule has 1 aliphatic heterocycles. The highest BCUT2D eigenvalue weighted by Crippen LogP contribution is 2.47. The minimum absolute atomic E-state index is 0.117. The van der Waals surface area contributed by atoms with Gasteiger partial charge in [0.05, 0.1) is 17.6 Å². The summed E-state index contributed by atoms with van der Waals surface area (Å²) in [5, 5.41) is 24.2. The van der Waals surface area contributed by atoms with Crippen LogP contribution in [0.2, 0.25) is 0 Å². The van der Waals surface area contributed by atoms with Gasteiger partial charge in [0.25, 0.3) is 0 Å². The SMILES string of the molecule is COC(=O)C1=C(C)NC2=C(C(=O)CC(C)(C)C2)C1c1ccc(O)c([N+](=O)[O-])c1. The lowest BCUT2D eigenvalue weighted by molar-refractivity contribution is -0.385. The molecule has 0 spiro atoms. The number of nitro groups is 1. The number of nitro benzene ring substituents is 1. The van der Waals surface area contributed by atoms with Crippen LogP contribution in [-0.4, -0.2) is 28.9 Å². The number of esters is 1. The Bertz CT molecular complexity index is 957. The van der Waals surface area contributed by atoms with E-state index in [2.05, 4.69) is 5.32 Å². The molecule has 8 nitrogen and oxygen atoms in total. The third kappa shape index (κ3) is 3.26. The van der Waals surface area contributed by atoms with Crippen LogP contribution >= 0.6 is 0 Å². The van der Waals surface area contributed by atoms with E-state index >= 15 is 0 Å². The summed E-state index contributed by atoms with van der Waals surface area (Å²) in [6, 6.07) is 3.91. The van der Waals surface area contributed by atoms with Gasteiger partial charge in [0.15, 0.2) is 11.5 Å². The molecule has 0 fully saturated rings. The molecule has 148 valence electrons. The lowest BCUT2D eigenvalue weighted by Crippen LogP contribution is -2.38. The number of allylic oxidation sites excluding steroid dienone is 3. The molecule has 28 heavy (non-hydrogen) atoms. The van der Waals surface area contributed by atoms with Crippen LogP contribution in [0.3, 0.4) is 0 Å². The molecule has 1 unspecified atom stereocenters. The average molecular weight is 386 g/mol. The first-order valence-corrected chi connectivity index (χ1v) is 8.85. The number of aromatic hydroxyl groups is 1. The molecule has 2 N–H and O–H groups in total. The van der Waals surface area contributed by atoms with Crippen molar-refractivity contribution in [1.82, 2.24) is 5.32 Å². The fraction of sp³-hybridized carbons (Fsp3) is 0.400. The number of nitrogens with zero attached hydrogens (tertiary/aromatic N) is 1. The van der Waals surface area contributed by atoms with Crippen LogP contribution in [0.1, 0.15) is 45.1 Å². The number of benzene rings is 1. The highest BCUT2D eigenvalue weighted by molar-refractivity contribution is 6.04. The molecule has 2 aliphatic rings. The zero-order valence-electron chi connectivity index (χ0n) is 16.2. The number of carbonyl (C=O) groups is 2. The first-order chi connectivity index (χ1) is 13.1. The van der Waals surface area contributed by atoms with Crippen LogP contribution in [0, 0.1) is 15.5 Å². The summed E-state index contributed by atoms with van der Waals surface area (Å²) in [5.74, 6) is -2.01. The van der Waals surface area contributed by atoms with Crippen molar-refractivity contribution in [3.8, 4) is 5.75 Å². The molecule has 0 saturated heterocycles. The van der Waals surface area contributed by atoms with Gasteiger partial charge in [0, 0.05) is 35.4 Å². The number of rotatable bonds is 3. The Labute approximate surface area is 162 Å². The summed E-state index contributed by atoms with van der Waals surface area (Å²) < 4.78 is 4.92. The molecular weight excluding hydrogens is 364 g/mol. The molecule has 0 bridgehead atoms. The van der Waals surface area contributed by atoms with Crippen LogP contribution in [-0.2, 0) is 14.3 Å². The van der Waals surface area contributed by atoms with E-state index in [9.17, 15) is 24.8 Å². The van der Waals surface area contributed by atoms with Gasteiger partial charge >= 0.3 is 11.7 Å². The second-order valence-corrected chi connectivity index (χ2v) is 7.93. The van der Waals surface area contributed by atoms with Gasteiger partial charge in [0.1, 0.15) is 0 Å². The molecule has 0 radical (unpaired) electrons. The van der Waals surface area contributed by atoms with E-state index in [1.165, 1.54) is 25.3 Å². The van der Waals surface area contributed by atoms with Gasteiger partial charge in [-0.3, -0.25) is 14.9 Å². The van der Waals surface area contributed by atoms with E-state index in [1.54, 1.807) is 6.92 Å². The van der Waals surface area contributed by atoms with Gasteiger partial charge in [-0.1, -0.05) is 19.9 Å². The van der Waals surface area contributed by atoms with Crippen molar-refractivity contribution in [3.05, 3.63) is 56.4 Å². The summed E-state index contributed by atoms with van der Waals surface area (Å²) in [7, 11) is 1.24. The highest BCUT2D eigenvalue weighted by atomic mass is 16.6. The van der Waals surface area contributed by atoms with Crippen molar-refractivity contribution in [1.29, 1.82) is 0 Å². The third-order valence-corrected chi connectivity index (χ3v) is 5.17. The van der Waals surface area contributed by atoms with E-state index in [-0.39, 0.29) is 16.8 Å². The van der Waals surface area contributed by atoms with Gasteiger partial charge in [-0.2, -0.15) is 0 Å². The number of phenols is 1. The van der Waals surface area contributed by atoms with E-state index in [0.29, 0.717) is 35.4 Å². The molecule has 1 aliphatic carbocycles. The van der Waals surface area contributed by atoms with Gasteiger partial charge < -0.3 is 15.2 Å². The van der Waals surface area contributed by atoms with Crippen molar-refractivity contribution in [2.24, 2.45) is 5.41 Å². The van der Waals surface area contributed by atoms with Gasteiger partial charge in [-0.05, 0) is 30.4 Å². The second-order valence-electron chi connectivity index (χ2n) is 7.93.